The molecule has 0 aliphatic heterocycles. The van der Waals surface area contributed by atoms with Crippen LogP contribution in [0.3, 0.4) is 0 Å². The fourth-order valence-corrected chi connectivity index (χ4v) is 7.51. The van der Waals surface area contributed by atoms with E-state index in [1.54, 1.807) is 0 Å². The van der Waals surface area contributed by atoms with E-state index < -0.39 is 6.10 Å². The third kappa shape index (κ3) is 53.2. The highest BCUT2D eigenvalue weighted by molar-refractivity contribution is 5.71. The van der Waals surface area contributed by atoms with Gasteiger partial charge in [-0.3, -0.25) is 14.4 Å². The fraction of sp³-hybridized carbons (Fsp3) is 0.689. The zero-order valence-corrected chi connectivity index (χ0v) is 43.6. The number of allylic oxidation sites excluding steroid dienone is 16. The molecule has 1 atom stereocenters. The van der Waals surface area contributed by atoms with Crippen LogP contribution in [0.25, 0.3) is 0 Å². The van der Waals surface area contributed by atoms with Crippen LogP contribution in [0.4, 0.5) is 0 Å². The molecule has 6 heteroatoms. The molecule has 382 valence electrons. The second-order valence-electron chi connectivity index (χ2n) is 18.3. The van der Waals surface area contributed by atoms with Gasteiger partial charge in [-0.25, -0.2) is 0 Å². The Bertz CT molecular complexity index is 1350. The Kier molecular flexibility index (Phi) is 51.9. The molecule has 0 heterocycles. The average molecular weight is 931 g/mol. The standard InChI is InChI=1S/C61H102O6/c1-4-7-10-13-16-19-22-25-27-29-31-33-36-39-42-45-48-51-54-60(63)66-57-58(56-65-59(62)53-50-47-44-41-38-35-24-21-18-15-12-9-6-3)67-61(64)55-52-49-46-43-40-37-34-32-30-28-26-23-20-17-14-11-8-5-2/h9,12,15,18,21-22,24-25,27,29,31-35,38,58H,4-8,10-11,13-14,16-17,19-20,23,26,28,30,36-37,39-57H2,1-3H3/b12-9-,18-15-,24-21-,25-22-,29-27-,33-31-,34-32-,38-35-. The summed E-state index contributed by atoms with van der Waals surface area (Å²) in [6.45, 7) is 6.43. The highest BCUT2D eigenvalue weighted by atomic mass is 16.6. The monoisotopic (exact) mass is 931 g/mol. The van der Waals surface area contributed by atoms with Crippen molar-refractivity contribution in [2.45, 2.75) is 258 Å². The summed E-state index contributed by atoms with van der Waals surface area (Å²) in [6, 6.07) is 0. The van der Waals surface area contributed by atoms with Gasteiger partial charge in [-0.1, -0.05) is 240 Å². The van der Waals surface area contributed by atoms with Gasteiger partial charge in [-0.2, -0.15) is 0 Å². The van der Waals surface area contributed by atoms with Crippen molar-refractivity contribution in [3.63, 3.8) is 0 Å². The van der Waals surface area contributed by atoms with E-state index in [0.717, 1.165) is 109 Å². The van der Waals surface area contributed by atoms with Gasteiger partial charge in [0.1, 0.15) is 13.2 Å². The molecule has 6 nitrogen and oxygen atoms in total. The molecular weight excluding hydrogens is 829 g/mol. The van der Waals surface area contributed by atoms with Crippen LogP contribution in [0.1, 0.15) is 252 Å². The van der Waals surface area contributed by atoms with Crippen molar-refractivity contribution in [2.75, 3.05) is 13.2 Å². The van der Waals surface area contributed by atoms with E-state index in [2.05, 4.69) is 81.5 Å². The molecule has 0 saturated carbocycles. The molecule has 0 aliphatic carbocycles. The summed E-state index contributed by atoms with van der Waals surface area (Å²) in [4.78, 5) is 38.1. The first-order chi connectivity index (χ1) is 33.0. The predicted octanol–water partition coefficient (Wildman–Crippen LogP) is 18.5. The summed E-state index contributed by atoms with van der Waals surface area (Å²) in [5.74, 6) is -0.970. The maximum Gasteiger partial charge on any atom is 0.306 e. The highest BCUT2D eigenvalue weighted by Crippen LogP contribution is 2.14. The normalized spacial score (nSPS) is 12.8. The smallest absolute Gasteiger partial charge is 0.306 e. The largest absolute Gasteiger partial charge is 0.462 e. The molecule has 0 spiro atoms. The van der Waals surface area contributed by atoms with Gasteiger partial charge >= 0.3 is 17.9 Å². The Hall–Kier alpha value is -3.67. The summed E-state index contributed by atoms with van der Waals surface area (Å²) >= 11 is 0. The van der Waals surface area contributed by atoms with E-state index in [4.69, 9.17) is 14.2 Å². The van der Waals surface area contributed by atoms with Gasteiger partial charge in [0.15, 0.2) is 6.10 Å². The van der Waals surface area contributed by atoms with Crippen molar-refractivity contribution >= 4 is 17.9 Å². The first kappa shape index (κ1) is 63.3. The molecule has 0 aromatic rings. The molecule has 0 aromatic carbocycles. The second-order valence-corrected chi connectivity index (χ2v) is 18.3. The van der Waals surface area contributed by atoms with Crippen LogP contribution in [0.2, 0.25) is 0 Å². The van der Waals surface area contributed by atoms with Crippen LogP contribution in [0, 0.1) is 0 Å². The van der Waals surface area contributed by atoms with Gasteiger partial charge in [0.05, 0.1) is 0 Å². The molecule has 1 unspecified atom stereocenters. The SMILES string of the molecule is CC\C=C/C=C\C=C/C=C\CCCCCC(=O)OCC(COC(=O)CCCCCCC\C=C/C=C\C=C/CCCCCCC)OC(=O)CCCCCCC/C=C\CCCCCCCCCCC. The molecule has 0 bridgehead atoms. The molecule has 0 N–H and O–H groups in total. The van der Waals surface area contributed by atoms with Crippen LogP contribution >= 0.6 is 0 Å². The molecule has 67 heavy (non-hydrogen) atoms. The first-order valence-corrected chi connectivity index (χ1v) is 27.8. The summed E-state index contributed by atoms with van der Waals surface area (Å²) in [6.07, 6.45) is 72.5. The summed E-state index contributed by atoms with van der Waals surface area (Å²) in [5.41, 5.74) is 0. The topological polar surface area (TPSA) is 78.9 Å². The number of ether oxygens (including phenoxy) is 3. The van der Waals surface area contributed by atoms with Crippen LogP contribution < -0.4 is 0 Å². The Balaban J connectivity index is 4.48. The third-order valence-electron chi connectivity index (χ3n) is 11.7. The van der Waals surface area contributed by atoms with Crippen molar-refractivity contribution in [1.82, 2.24) is 0 Å². The molecule has 0 rings (SSSR count). The van der Waals surface area contributed by atoms with E-state index in [9.17, 15) is 14.4 Å². The van der Waals surface area contributed by atoms with Crippen molar-refractivity contribution in [3.05, 3.63) is 97.2 Å². The molecule has 0 radical (unpaired) electrons. The maximum absolute atomic E-state index is 12.8. The predicted molar refractivity (Wildman–Crippen MR) is 288 cm³/mol. The molecular formula is C61H102O6. The van der Waals surface area contributed by atoms with Gasteiger partial charge in [0.2, 0.25) is 0 Å². The van der Waals surface area contributed by atoms with Crippen molar-refractivity contribution in [2.24, 2.45) is 0 Å². The van der Waals surface area contributed by atoms with E-state index in [-0.39, 0.29) is 31.1 Å². The Morgan fingerprint density at radius 1 is 0.313 bits per heavy atom. The van der Waals surface area contributed by atoms with Crippen LogP contribution in [0.15, 0.2) is 97.2 Å². The van der Waals surface area contributed by atoms with Crippen LogP contribution in [-0.2, 0) is 28.6 Å². The zero-order valence-electron chi connectivity index (χ0n) is 43.6. The Morgan fingerprint density at radius 2 is 0.597 bits per heavy atom. The number of carbonyl (C=O) groups is 3. The van der Waals surface area contributed by atoms with Gasteiger partial charge in [-0.15, -0.1) is 0 Å². The van der Waals surface area contributed by atoms with E-state index in [0.29, 0.717) is 19.3 Å². The van der Waals surface area contributed by atoms with Crippen molar-refractivity contribution < 1.29 is 28.6 Å². The molecule has 0 fully saturated rings. The van der Waals surface area contributed by atoms with Gasteiger partial charge in [0.25, 0.3) is 0 Å². The third-order valence-corrected chi connectivity index (χ3v) is 11.7. The lowest BCUT2D eigenvalue weighted by molar-refractivity contribution is -0.167. The summed E-state index contributed by atoms with van der Waals surface area (Å²) < 4.78 is 16.8. The number of carbonyl (C=O) groups excluding carboxylic acids is 3. The molecule has 0 aliphatic rings. The molecule has 0 amide bonds. The number of hydrogen-bond acceptors (Lipinski definition) is 6. The minimum absolute atomic E-state index is 0.105. The highest BCUT2D eigenvalue weighted by Gasteiger charge is 2.19. The minimum Gasteiger partial charge on any atom is -0.462 e. The lowest BCUT2D eigenvalue weighted by Gasteiger charge is -2.18. The Morgan fingerprint density at radius 3 is 0.970 bits per heavy atom. The van der Waals surface area contributed by atoms with Crippen LogP contribution in [0.5, 0.6) is 0 Å². The van der Waals surface area contributed by atoms with Gasteiger partial charge in [-0.05, 0) is 89.9 Å². The lowest BCUT2D eigenvalue weighted by Crippen LogP contribution is -2.30. The lowest BCUT2D eigenvalue weighted by atomic mass is 10.1. The van der Waals surface area contributed by atoms with Gasteiger partial charge < -0.3 is 14.2 Å². The van der Waals surface area contributed by atoms with Crippen LogP contribution in [-0.4, -0.2) is 37.2 Å². The van der Waals surface area contributed by atoms with E-state index in [1.807, 2.05) is 36.5 Å². The van der Waals surface area contributed by atoms with E-state index in [1.165, 1.54) is 103 Å². The summed E-state index contributed by atoms with van der Waals surface area (Å²) in [5, 5.41) is 0. The van der Waals surface area contributed by atoms with E-state index >= 15 is 0 Å². The maximum atomic E-state index is 12.8. The zero-order chi connectivity index (χ0) is 48.6. The van der Waals surface area contributed by atoms with Gasteiger partial charge in [0, 0.05) is 19.3 Å². The molecule has 0 saturated heterocycles. The minimum atomic E-state index is -0.808. The fourth-order valence-electron chi connectivity index (χ4n) is 7.51. The molecule has 0 aromatic heterocycles. The number of rotatable bonds is 49. The number of esters is 3. The second kappa shape index (κ2) is 54.9. The number of hydrogen-bond donors (Lipinski definition) is 0. The average Bonchev–Trinajstić information content (AvgIpc) is 3.33. The first-order valence-electron chi connectivity index (χ1n) is 27.8. The van der Waals surface area contributed by atoms with Crippen molar-refractivity contribution in [3.8, 4) is 0 Å². The quantitative estimate of drug-likeness (QED) is 0.0199. The number of unbranched alkanes of at least 4 members (excludes halogenated alkanes) is 27. The Labute approximate surface area is 413 Å². The summed E-state index contributed by atoms with van der Waals surface area (Å²) in [7, 11) is 0. The van der Waals surface area contributed by atoms with Crippen molar-refractivity contribution in [1.29, 1.82) is 0 Å².